The summed E-state index contributed by atoms with van der Waals surface area (Å²) in [6.07, 6.45) is 3.96. The molecule has 0 saturated carbocycles. The van der Waals surface area contributed by atoms with Gasteiger partial charge in [0.1, 0.15) is 11.6 Å². The molecular formula is C27H34Cl2N4O3S. The first-order valence-electron chi connectivity index (χ1n) is 12.2. The van der Waals surface area contributed by atoms with Gasteiger partial charge < -0.3 is 15.8 Å². The average Bonchev–Trinajstić information content (AvgIpc) is 3.51. The lowest BCUT2D eigenvalue weighted by Crippen LogP contribution is -2.33. The summed E-state index contributed by atoms with van der Waals surface area (Å²) in [5.74, 6) is 0.815. The first-order valence-corrected chi connectivity index (χ1v) is 13.9. The second-order valence-corrected chi connectivity index (χ2v) is 11.5. The van der Waals surface area contributed by atoms with Gasteiger partial charge in [0.2, 0.25) is 10.0 Å². The van der Waals surface area contributed by atoms with Crippen LogP contribution in [-0.4, -0.2) is 39.2 Å². The Kier molecular flexibility index (Phi) is 9.34. The Bertz CT molecular complexity index is 1380. The zero-order valence-electron chi connectivity index (χ0n) is 20.8. The Labute approximate surface area is 231 Å². The van der Waals surface area contributed by atoms with Crippen molar-refractivity contribution in [2.75, 3.05) is 23.2 Å². The Morgan fingerprint density at radius 3 is 2.59 bits per heavy atom. The zero-order valence-corrected chi connectivity index (χ0v) is 23.2. The highest BCUT2D eigenvalue weighted by Crippen LogP contribution is 2.44. The Hall–Kier alpha value is -2.52. The van der Waals surface area contributed by atoms with Crippen LogP contribution in [0.4, 0.5) is 5.69 Å². The molecule has 2 unspecified atom stereocenters. The fourth-order valence-electron chi connectivity index (χ4n) is 5.19. The summed E-state index contributed by atoms with van der Waals surface area (Å²) in [7, 11) is -3.49. The van der Waals surface area contributed by atoms with Crippen molar-refractivity contribution in [3.8, 4) is 5.75 Å². The van der Waals surface area contributed by atoms with E-state index in [1.165, 1.54) is 12.8 Å². The fourth-order valence-corrected chi connectivity index (χ4v) is 6.53. The van der Waals surface area contributed by atoms with E-state index in [2.05, 4.69) is 5.32 Å². The number of amidine groups is 1. The molecule has 200 valence electrons. The summed E-state index contributed by atoms with van der Waals surface area (Å²) < 4.78 is 34.0. The summed E-state index contributed by atoms with van der Waals surface area (Å²) >= 11 is 0. The third-order valence-electron chi connectivity index (χ3n) is 7.11. The number of rotatable bonds is 8. The van der Waals surface area contributed by atoms with Crippen LogP contribution in [0.2, 0.25) is 0 Å². The summed E-state index contributed by atoms with van der Waals surface area (Å²) in [4.78, 5) is 0. The van der Waals surface area contributed by atoms with E-state index in [-0.39, 0.29) is 42.4 Å². The van der Waals surface area contributed by atoms with Crippen LogP contribution in [-0.2, 0) is 16.4 Å². The predicted octanol–water partition coefficient (Wildman–Crippen LogP) is 4.94. The molecule has 1 saturated heterocycles. The van der Waals surface area contributed by atoms with Gasteiger partial charge in [-0.3, -0.25) is 9.71 Å². The van der Waals surface area contributed by atoms with E-state index in [1.807, 2.05) is 54.6 Å². The van der Waals surface area contributed by atoms with Gasteiger partial charge in [0, 0.05) is 18.0 Å². The van der Waals surface area contributed by atoms with Crippen molar-refractivity contribution in [3.63, 3.8) is 0 Å². The number of hydrogen-bond donors (Lipinski definition) is 3. The van der Waals surface area contributed by atoms with Crippen LogP contribution in [0.3, 0.4) is 0 Å². The minimum absolute atomic E-state index is 0. The molecule has 1 fully saturated rings. The maximum atomic E-state index is 13.2. The Morgan fingerprint density at radius 2 is 1.89 bits per heavy atom. The molecule has 10 heteroatoms. The van der Waals surface area contributed by atoms with E-state index in [0.29, 0.717) is 24.6 Å². The number of sulfonamides is 1. The average molecular weight is 566 g/mol. The molecule has 4 N–H and O–H groups in total. The highest BCUT2D eigenvalue weighted by molar-refractivity contribution is 7.92. The molecule has 3 aromatic rings. The molecule has 2 atom stereocenters. The minimum Gasteiger partial charge on any atom is -0.494 e. The van der Waals surface area contributed by atoms with E-state index in [9.17, 15) is 8.42 Å². The third kappa shape index (κ3) is 5.98. The first kappa shape index (κ1) is 29.0. The van der Waals surface area contributed by atoms with Gasteiger partial charge in [0.05, 0.1) is 24.1 Å². The topological polar surface area (TPSA) is 109 Å². The van der Waals surface area contributed by atoms with Gasteiger partial charge in [-0.1, -0.05) is 24.3 Å². The largest absolute Gasteiger partial charge is 0.494 e. The van der Waals surface area contributed by atoms with Crippen LogP contribution < -0.4 is 20.1 Å². The number of anilines is 1. The Balaban J connectivity index is 0.00000190. The number of fused-ring (bicyclic) bond motifs is 2. The number of nitrogens with zero attached hydrogens (tertiary/aromatic N) is 1. The van der Waals surface area contributed by atoms with Crippen molar-refractivity contribution < 1.29 is 13.2 Å². The van der Waals surface area contributed by atoms with E-state index in [0.717, 1.165) is 46.3 Å². The van der Waals surface area contributed by atoms with Gasteiger partial charge in [0.15, 0.2) is 0 Å². The van der Waals surface area contributed by atoms with Crippen LogP contribution in [0, 0.1) is 5.41 Å². The summed E-state index contributed by atoms with van der Waals surface area (Å²) in [6, 6.07) is 17.6. The number of ether oxygens (including phenoxy) is 1. The van der Waals surface area contributed by atoms with Gasteiger partial charge in [-0.05, 0) is 85.0 Å². The van der Waals surface area contributed by atoms with Crippen molar-refractivity contribution in [1.29, 1.82) is 5.41 Å². The molecule has 0 radical (unpaired) electrons. The summed E-state index contributed by atoms with van der Waals surface area (Å²) in [5.41, 5.74) is 8.95. The zero-order chi connectivity index (χ0) is 24.6. The van der Waals surface area contributed by atoms with Crippen molar-refractivity contribution in [2.45, 2.75) is 44.7 Å². The molecule has 5 rings (SSSR count). The molecule has 3 aromatic carbocycles. The molecule has 37 heavy (non-hydrogen) atoms. The smallest absolute Gasteiger partial charge is 0.235 e. The van der Waals surface area contributed by atoms with Crippen LogP contribution in [0.5, 0.6) is 5.75 Å². The second-order valence-electron chi connectivity index (χ2n) is 9.37. The lowest BCUT2D eigenvalue weighted by Gasteiger charge is -2.27. The van der Waals surface area contributed by atoms with Crippen LogP contribution in [0.25, 0.3) is 10.8 Å². The molecule has 0 aliphatic carbocycles. The maximum Gasteiger partial charge on any atom is 0.235 e. The highest BCUT2D eigenvalue weighted by atomic mass is 35.5. The highest BCUT2D eigenvalue weighted by Gasteiger charge is 2.38. The molecule has 0 amide bonds. The SMILES string of the molecule is CCS(=O)(=O)N1c2ccc(OCCC3CCCN3)cc2CC1c1ccc2ccc(C(=N)N)cc2c1.Cl.Cl. The van der Waals surface area contributed by atoms with Crippen LogP contribution in [0.15, 0.2) is 54.6 Å². The molecular weight excluding hydrogens is 531 g/mol. The van der Waals surface area contributed by atoms with E-state index < -0.39 is 10.0 Å². The van der Waals surface area contributed by atoms with Gasteiger partial charge in [-0.15, -0.1) is 24.8 Å². The van der Waals surface area contributed by atoms with Crippen molar-refractivity contribution >= 4 is 57.1 Å². The summed E-state index contributed by atoms with van der Waals surface area (Å²) in [5, 5.41) is 13.2. The van der Waals surface area contributed by atoms with Crippen LogP contribution in [0.1, 0.15) is 48.9 Å². The first-order chi connectivity index (χ1) is 16.9. The standard InChI is InChI=1S/C27H32N4O3S.2ClH/c1-2-35(32,33)31-25-10-9-24(34-13-11-23-4-3-12-30-23)16-22(25)17-26(31)19-7-5-18-6-8-20(27(28)29)15-21(18)14-19;;/h5-10,14-16,23,26,30H,2-4,11-13,17H2,1H3,(H3,28,29);2*1H. The second kappa shape index (κ2) is 11.9. The lowest BCUT2D eigenvalue weighted by molar-refractivity contribution is 0.292. The van der Waals surface area contributed by atoms with Gasteiger partial charge in [-0.25, -0.2) is 8.42 Å². The van der Waals surface area contributed by atoms with Crippen molar-refractivity contribution in [1.82, 2.24) is 5.32 Å². The normalized spacial score (nSPS) is 18.7. The maximum absolute atomic E-state index is 13.2. The van der Waals surface area contributed by atoms with Crippen LogP contribution >= 0.6 is 24.8 Å². The van der Waals surface area contributed by atoms with Crippen molar-refractivity contribution in [2.24, 2.45) is 5.73 Å². The molecule has 0 aromatic heterocycles. The molecule has 0 bridgehead atoms. The van der Waals surface area contributed by atoms with Crippen molar-refractivity contribution in [3.05, 3.63) is 71.3 Å². The monoisotopic (exact) mass is 564 g/mol. The number of nitrogens with one attached hydrogen (secondary N) is 2. The number of hydrogen-bond acceptors (Lipinski definition) is 5. The number of nitrogen functional groups attached to an aromatic ring is 1. The van der Waals surface area contributed by atoms with E-state index in [4.69, 9.17) is 15.9 Å². The summed E-state index contributed by atoms with van der Waals surface area (Å²) in [6.45, 7) is 3.40. The minimum atomic E-state index is -3.49. The van der Waals surface area contributed by atoms with E-state index in [1.54, 1.807) is 11.2 Å². The van der Waals surface area contributed by atoms with E-state index >= 15 is 0 Å². The van der Waals surface area contributed by atoms with Gasteiger partial charge >= 0.3 is 0 Å². The molecule has 2 aliphatic rings. The quantitative estimate of drug-likeness (QED) is 0.265. The predicted molar refractivity (Wildman–Crippen MR) is 155 cm³/mol. The lowest BCUT2D eigenvalue weighted by atomic mass is 9.98. The van der Waals surface area contributed by atoms with Gasteiger partial charge in [-0.2, -0.15) is 0 Å². The van der Waals surface area contributed by atoms with Gasteiger partial charge in [0.25, 0.3) is 0 Å². The number of nitrogens with two attached hydrogens (primary N) is 1. The number of halogens is 2. The molecule has 2 heterocycles. The molecule has 2 aliphatic heterocycles. The molecule has 0 spiro atoms. The third-order valence-corrected chi connectivity index (χ3v) is 8.89. The molecule has 7 nitrogen and oxygen atoms in total. The number of benzene rings is 3. The Morgan fingerprint density at radius 1 is 1.11 bits per heavy atom. The fraction of sp³-hybridized carbons (Fsp3) is 0.370.